The lowest BCUT2D eigenvalue weighted by atomic mass is 9.98. The first-order valence-corrected chi connectivity index (χ1v) is 11.1. The van der Waals surface area contributed by atoms with Crippen LogP contribution in [0, 0.1) is 5.82 Å². The molecule has 5 rings (SSSR count). The molecule has 1 aromatic heterocycles. The third-order valence-corrected chi connectivity index (χ3v) is 6.34. The Kier molecular flexibility index (Phi) is 5.86. The summed E-state index contributed by atoms with van der Waals surface area (Å²) in [4.78, 5) is 30.8. The lowest BCUT2D eigenvalue weighted by molar-refractivity contribution is 0.0353. The first-order valence-electron chi connectivity index (χ1n) is 11.1. The molecule has 3 aromatic rings. The first-order chi connectivity index (χ1) is 16.1. The second-order valence-corrected chi connectivity index (χ2v) is 8.30. The molecule has 0 saturated carbocycles. The second-order valence-electron chi connectivity index (χ2n) is 8.30. The van der Waals surface area contributed by atoms with E-state index in [1.54, 1.807) is 24.1 Å². The van der Waals surface area contributed by atoms with Crippen LogP contribution in [-0.4, -0.2) is 62.2 Å². The molecule has 8 heteroatoms. The number of methoxy groups -OCH3 is 1. The summed E-state index contributed by atoms with van der Waals surface area (Å²) in [5.74, 6) is -0.139. The van der Waals surface area contributed by atoms with E-state index in [9.17, 15) is 14.0 Å². The van der Waals surface area contributed by atoms with Gasteiger partial charge in [-0.1, -0.05) is 12.1 Å². The van der Waals surface area contributed by atoms with E-state index in [4.69, 9.17) is 13.9 Å². The van der Waals surface area contributed by atoms with Gasteiger partial charge in [0.2, 0.25) is 5.76 Å². The van der Waals surface area contributed by atoms with Crippen LogP contribution in [0.3, 0.4) is 0 Å². The topological polar surface area (TPSA) is 72.2 Å². The van der Waals surface area contributed by atoms with E-state index in [0.717, 1.165) is 37.7 Å². The van der Waals surface area contributed by atoms with Crippen molar-refractivity contribution >= 4 is 16.9 Å². The molecule has 1 atom stereocenters. The van der Waals surface area contributed by atoms with Gasteiger partial charge in [-0.25, -0.2) is 4.39 Å². The molecule has 0 bridgehead atoms. The van der Waals surface area contributed by atoms with Gasteiger partial charge >= 0.3 is 0 Å². The van der Waals surface area contributed by atoms with E-state index >= 15 is 0 Å². The van der Waals surface area contributed by atoms with Gasteiger partial charge in [-0.15, -0.1) is 0 Å². The summed E-state index contributed by atoms with van der Waals surface area (Å²) in [6, 6.07) is 10.5. The number of amides is 1. The van der Waals surface area contributed by atoms with E-state index in [1.165, 1.54) is 12.1 Å². The van der Waals surface area contributed by atoms with Gasteiger partial charge in [-0.3, -0.25) is 14.5 Å². The fraction of sp³-hybridized carbons (Fsp3) is 0.360. The summed E-state index contributed by atoms with van der Waals surface area (Å²) in [5.41, 5.74) is 0.861. The van der Waals surface area contributed by atoms with E-state index in [-0.39, 0.29) is 33.6 Å². The highest BCUT2D eigenvalue weighted by Crippen LogP contribution is 2.38. The van der Waals surface area contributed by atoms with Gasteiger partial charge in [-0.2, -0.15) is 0 Å². The average Bonchev–Trinajstić information content (AvgIpc) is 3.12. The van der Waals surface area contributed by atoms with Crippen molar-refractivity contribution in [2.75, 3.05) is 46.5 Å². The number of carbonyl (C=O) groups is 1. The maximum atomic E-state index is 13.9. The molecule has 2 aliphatic heterocycles. The summed E-state index contributed by atoms with van der Waals surface area (Å²) in [7, 11) is 1.58. The van der Waals surface area contributed by atoms with Crippen molar-refractivity contribution in [2.24, 2.45) is 0 Å². The van der Waals surface area contributed by atoms with Crippen molar-refractivity contribution in [3.63, 3.8) is 0 Å². The number of fused-ring (bicyclic) bond motifs is 2. The van der Waals surface area contributed by atoms with E-state index < -0.39 is 11.9 Å². The Labute approximate surface area is 190 Å². The van der Waals surface area contributed by atoms with Gasteiger partial charge in [0.15, 0.2) is 5.43 Å². The molecule has 0 aliphatic carbocycles. The minimum atomic E-state index is -0.605. The summed E-state index contributed by atoms with van der Waals surface area (Å²) in [6.07, 6.45) is 0.745. The largest absolute Gasteiger partial charge is 0.497 e. The predicted octanol–water partition coefficient (Wildman–Crippen LogP) is 3.21. The van der Waals surface area contributed by atoms with Crippen LogP contribution in [0.5, 0.6) is 5.75 Å². The maximum absolute atomic E-state index is 13.9. The molecule has 1 fully saturated rings. The Bertz CT molecular complexity index is 1230. The number of morpholine rings is 1. The van der Waals surface area contributed by atoms with Crippen molar-refractivity contribution in [3.05, 3.63) is 75.4 Å². The number of ether oxygens (including phenoxy) is 2. The zero-order chi connectivity index (χ0) is 22.9. The Morgan fingerprint density at radius 2 is 1.82 bits per heavy atom. The Balaban J connectivity index is 1.53. The Morgan fingerprint density at radius 1 is 1.06 bits per heavy atom. The predicted molar refractivity (Wildman–Crippen MR) is 120 cm³/mol. The minimum Gasteiger partial charge on any atom is -0.497 e. The van der Waals surface area contributed by atoms with Crippen molar-refractivity contribution < 1.29 is 23.1 Å². The molecule has 0 N–H and O–H groups in total. The Morgan fingerprint density at radius 3 is 2.55 bits per heavy atom. The first kappa shape index (κ1) is 21.6. The zero-order valence-corrected chi connectivity index (χ0v) is 18.4. The molecule has 1 saturated heterocycles. The fourth-order valence-electron chi connectivity index (χ4n) is 4.65. The van der Waals surface area contributed by atoms with Crippen LogP contribution >= 0.6 is 0 Å². The van der Waals surface area contributed by atoms with Crippen molar-refractivity contribution in [2.45, 2.75) is 12.5 Å². The van der Waals surface area contributed by atoms with Crippen molar-refractivity contribution in [1.29, 1.82) is 0 Å². The molecular weight excluding hydrogens is 427 g/mol. The van der Waals surface area contributed by atoms with Gasteiger partial charge in [0.25, 0.3) is 5.91 Å². The molecule has 1 amide bonds. The lowest BCUT2D eigenvalue weighted by Crippen LogP contribution is -2.38. The van der Waals surface area contributed by atoms with E-state index in [0.29, 0.717) is 25.5 Å². The van der Waals surface area contributed by atoms with Gasteiger partial charge in [0.1, 0.15) is 17.1 Å². The third-order valence-electron chi connectivity index (χ3n) is 6.34. The van der Waals surface area contributed by atoms with Crippen molar-refractivity contribution in [1.82, 2.24) is 9.80 Å². The molecule has 33 heavy (non-hydrogen) atoms. The normalized spacial score (nSPS) is 18.7. The monoisotopic (exact) mass is 452 g/mol. The number of rotatable bonds is 6. The highest BCUT2D eigenvalue weighted by molar-refractivity contribution is 5.99. The summed E-state index contributed by atoms with van der Waals surface area (Å²) in [6.45, 7) is 4.45. The average molecular weight is 452 g/mol. The smallest absolute Gasteiger partial charge is 0.290 e. The van der Waals surface area contributed by atoms with Crippen LogP contribution in [0.15, 0.2) is 51.7 Å². The quantitative estimate of drug-likeness (QED) is 0.572. The molecule has 0 unspecified atom stereocenters. The third kappa shape index (κ3) is 4.00. The van der Waals surface area contributed by atoms with Crippen LogP contribution in [-0.2, 0) is 4.74 Å². The number of carbonyl (C=O) groups excluding carboxylic acids is 1. The van der Waals surface area contributed by atoms with Crippen LogP contribution in [0.1, 0.15) is 34.1 Å². The van der Waals surface area contributed by atoms with Crippen LogP contribution in [0.25, 0.3) is 11.0 Å². The molecule has 0 spiro atoms. The van der Waals surface area contributed by atoms with Gasteiger partial charge in [0.05, 0.1) is 37.3 Å². The molecular formula is C25H25FN2O5. The molecule has 0 radical (unpaired) electrons. The molecule has 2 aliphatic rings. The van der Waals surface area contributed by atoms with Gasteiger partial charge in [-0.05, 0) is 42.3 Å². The molecule has 7 nitrogen and oxygen atoms in total. The summed E-state index contributed by atoms with van der Waals surface area (Å²) >= 11 is 0. The number of hydrogen-bond acceptors (Lipinski definition) is 6. The molecule has 172 valence electrons. The summed E-state index contributed by atoms with van der Waals surface area (Å²) < 4.78 is 30.4. The van der Waals surface area contributed by atoms with Gasteiger partial charge < -0.3 is 18.8 Å². The Hall–Kier alpha value is -3.23. The van der Waals surface area contributed by atoms with Crippen LogP contribution < -0.4 is 10.2 Å². The van der Waals surface area contributed by atoms with Crippen LogP contribution in [0.4, 0.5) is 4.39 Å². The van der Waals surface area contributed by atoms with E-state index in [2.05, 4.69) is 4.90 Å². The number of benzene rings is 2. The minimum absolute atomic E-state index is 0.0336. The maximum Gasteiger partial charge on any atom is 0.290 e. The second kappa shape index (κ2) is 8.96. The van der Waals surface area contributed by atoms with Gasteiger partial charge in [0, 0.05) is 26.2 Å². The number of halogens is 1. The van der Waals surface area contributed by atoms with E-state index in [1.807, 2.05) is 12.1 Å². The highest BCUT2D eigenvalue weighted by Gasteiger charge is 2.42. The molecule has 2 aromatic carbocycles. The SMILES string of the molecule is COc1ccc([C@@H]2c3c(oc4ccc(F)cc4c3=O)C(=O)N2CCCN2CCOCC2)cc1. The van der Waals surface area contributed by atoms with Crippen LogP contribution in [0.2, 0.25) is 0 Å². The zero-order valence-electron chi connectivity index (χ0n) is 18.4. The molecule has 3 heterocycles. The summed E-state index contributed by atoms with van der Waals surface area (Å²) in [5, 5.41) is 0.134. The van der Waals surface area contributed by atoms with Crippen molar-refractivity contribution in [3.8, 4) is 5.75 Å². The lowest BCUT2D eigenvalue weighted by Gasteiger charge is -2.29. The highest BCUT2D eigenvalue weighted by atomic mass is 19.1. The number of nitrogens with zero attached hydrogens (tertiary/aromatic N) is 2. The fourth-order valence-corrected chi connectivity index (χ4v) is 4.65. The number of hydrogen-bond donors (Lipinski definition) is 0. The standard InChI is InChI=1S/C25H25FN2O5/c1-31-18-6-3-16(4-7-18)22-21-23(29)19-15-17(26)5-8-20(19)33-24(21)25(30)28(22)10-2-9-27-11-13-32-14-12-27/h3-8,15,22H,2,9-14H2,1H3/t22-/m1/s1.